The van der Waals surface area contributed by atoms with Crippen molar-refractivity contribution in [1.29, 1.82) is 0 Å². The van der Waals surface area contributed by atoms with Gasteiger partial charge >= 0.3 is 0 Å². The van der Waals surface area contributed by atoms with Crippen molar-refractivity contribution < 1.29 is 9.53 Å². The summed E-state index contributed by atoms with van der Waals surface area (Å²) in [7, 11) is 3.40. The Morgan fingerprint density at radius 1 is 1.29 bits per heavy atom. The van der Waals surface area contributed by atoms with Crippen LogP contribution in [0, 0.1) is 0 Å². The maximum atomic E-state index is 11.6. The number of aliphatic imine (C=N–C) groups is 1. The first-order valence-electron chi connectivity index (χ1n) is 8.08. The van der Waals surface area contributed by atoms with Gasteiger partial charge in [-0.2, -0.15) is 0 Å². The molecule has 1 aromatic carbocycles. The van der Waals surface area contributed by atoms with Crippen LogP contribution in [0.25, 0.3) is 0 Å². The lowest BCUT2D eigenvalue weighted by Crippen LogP contribution is -2.37. The van der Waals surface area contributed by atoms with Gasteiger partial charge in [-0.15, -0.1) is 24.0 Å². The number of nitrogens with one attached hydrogen (secondary N) is 3. The van der Waals surface area contributed by atoms with Crippen LogP contribution in [0.2, 0.25) is 0 Å². The zero-order valence-electron chi connectivity index (χ0n) is 14.3. The highest BCUT2D eigenvalue weighted by Gasteiger charge is 2.22. The summed E-state index contributed by atoms with van der Waals surface area (Å²) in [5.74, 6) is 1.72. The second-order valence-electron chi connectivity index (χ2n) is 5.61. The Labute approximate surface area is 160 Å². The first kappa shape index (κ1) is 20.5. The van der Waals surface area contributed by atoms with Crippen molar-refractivity contribution in [3.63, 3.8) is 0 Å². The summed E-state index contributed by atoms with van der Waals surface area (Å²) in [4.78, 5) is 15.8. The fourth-order valence-corrected chi connectivity index (χ4v) is 2.23. The molecule has 0 bridgehead atoms. The van der Waals surface area contributed by atoms with Crippen molar-refractivity contribution >= 4 is 35.8 Å². The van der Waals surface area contributed by atoms with E-state index in [2.05, 4.69) is 20.9 Å². The van der Waals surface area contributed by atoms with Gasteiger partial charge in [-0.1, -0.05) is 18.2 Å². The monoisotopic (exact) mass is 446 g/mol. The number of nitrogens with zero attached hydrogens (tertiary/aromatic N) is 1. The Morgan fingerprint density at radius 2 is 2.04 bits per heavy atom. The first-order chi connectivity index (χ1) is 11.2. The normalized spacial score (nSPS) is 13.7. The molecule has 0 heterocycles. The minimum atomic E-state index is 0. The standard InChI is InChI=1S/C17H26N4O2.HI/c1-18-17(19-11-5-8-16(22)21-14-9-10-14)20-12-13-6-3-4-7-15(13)23-2;/h3-4,6-7,14H,5,8-12H2,1-2H3,(H,21,22)(H2,18,19,20);1H. The molecule has 6 nitrogen and oxygen atoms in total. The van der Waals surface area contributed by atoms with Crippen molar-refractivity contribution in [2.75, 3.05) is 20.7 Å². The maximum Gasteiger partial charge on any atom is 0.220 e. The highest BCUT2D eigenvalue weighted by molar-refractivity contribution is 14.0. The van der Waals surface area contributed by atoms with Crippen molar-refractivity contribution in [1.82, 2.24) is 16.0 Å². The van der Waals surface area contributed by atoms with E-state index in [9.17, 15) is 4.79 Å². The molecule has 0 unspecified atom stereocenters. The number of guanidine groups is 1. The summed E-state index contributed by atoms with van der Waals surface area (Å²) in [6.45, 7) is 1.34. The number of ether oxygens (including phenoxy) is 1. The number of carbonyl (C=O) groups excluding carboxylic acids is 1. The van der Waals surface area contributed by atoms with E-state index in [1.54, 1.807) is 14.2 Å². The van der Waals surface area contributed by atoms with E-state index in [1.807, 2.05) is 24.3 Å². The third-order valence-corrected chi connectivity index (χ3v) is 3.68. The summed E-state index contributed by atoms with van der Waals surface area (Å²) >= 11 is 0. The molecule has 1 amide bonds. The molecule has 1 aliphatic carbocycles. The zero-order chi connectivity index (χ0) is 16.5. The summed E-state index contributed by atoms with van der Waals surface area (Å²) < 4.78 is 5.33. The molecule has 0 aliphatic heterocycles. The predicted molar refractivity (Wildman–Crippen MR) is 107 cm³/mol. The van der Waals surface area contributed by atoms with Crippen molar-refractivity contribution in [2.45, 2.75) is 38.3 Å². The van der Waals surface area contributed by atoms with E-state index in [1.165, 1.54) is 0 Å². The SMILES string of the molecule is CN=C(NCCCC(=O)NC1CC1)NCc1ccccc1OC.I. The minimum Gasteiger partial charge on any atom is -0.496 e. The molecule has 1 saturated carbocycles. The summed E-state index contributed by atoms with van der Waals surface area (Å²) in [5.41, 5.74) is 1.07. The van der Waals surface area contributed by atoms with Gasteiger partial charge in [0, 0.05) is 38.2 Å². The molecule has 1 aromatic rings. The van der Waals surface area contributed by atoms with Gasteiger partial charge in [-0.25, -0.2) is 0 Å². The summed E-state index contributed by atoms with van der Waals surface area (Å²) in [5, 5.41) is 9.46. The van der Waals surface area contributed by atoms with E-state index >= 15 is 0 Å². The molecule has 24 heavy (non-hydrogen) atoms. The third-order valence-electron chi connectivity index (χ3n) is 3.68. The van der Waals surface area contributed by atoms with Gasteiger partial charge in [-0.05, 0) is 25.3 Å². The Balaban J connectivity index is 0.00000288. The molecular formula is C17H27IN4O2. The van der Waals surface area contributed by atoms with E-state index < -0.39 is 0 Å². The Bertz CT molecular complexity index is 547. The Morgan fingerprint density at radius 3 is 2.71 bits per heavy atom. The van der Waals surface area contributed by atoms with Gasteiger partial charge in [0.05, 0.1) is 7.11 Å². The van der Waals surface area contributed by atoms with Crippen LogP contribution >= 0.6 is 24.0 Å². The number of hydrogen-bond acceptors (Lipinski definition) is 3. The number of benzene rings is 1. The van der Waals surface area contributed by atoms with E-state index in [0.29, 0.717) is 25.6 Å². The highest BCUT2D eigenvalue weighted by Crippen LogP contribution is 2.18. The minimum absolute atomic E-state index is 0. The molecule has 0 radical (unpaired) electrons. The van der Waals surface area contributed by atoms with Gasteiger partial charge in [0.2, 0.25) is 5.91 Å². The van der Waals surface area contributed by atoms with E-state index in [0.717, 1.165) is 36.5 Å². The highest BCUT2D eigenvalue weighted by atomic mass is 127. The first-order valence-corrected chi connectivity index (χ1v) is 8.08. The van der Waals surface area contributed by atoms with Crippen LogP contribution in [-0.4, -0.2) is 38.6 Å². The quantitative estimate of drug-likeness (QED) is 0.247. The smallest absolute Gasteiger partial charge is 0.220 e. The van der Waals surface area contributed by atoms with Gasteiger partial charge in [-0.3, -0.25) is 9.79 Å². The van der Waals surface area contributed by atoms with Crippen LogP contribution in [0.4, 0.5) is 0 Å². The molecule has 1 aliphatic rings. The Kier molecular flexibility index (Phi) is 9.51. The van der Waals surface area contributed by atoms with Gasteiger partial charge in [0.1, 0.15) is 5.75 Å². The number of methoxy groups -OCH3 is 1. The van der Waals surface area contributed by atoms with Gasteiger partial charge in [0.25, 0.3) is 0 Å². The predicted octanol–water partition coefficient (Wildman–Crippen LogP) is 2.04. The van der Waals surface area contributed by atoms with Gasteiger partial charge < -0.3 is 20.7 Å². The molecule has 0 saturated heterocycles. The molecule has 2 rings (SSSR count). The van der Waals surface area contributed by atoms with Crippen molar-refractivity contribution in [3.05, 3.63) is 29.8 Å². The number of halogens is 1. The summed E-state index contributed by atoms with van der Waals surface area (Å²) in [6.07, 6.45) is 3.59. The molecule has 0 spiro atoms. The van der Waals surface area contributed by atoms with Crippen molar-refractivity contribution in [3.8, 4) is 5.75 Å². The number of hydrogen-bond donors (Lipinski definition) is 3. The third kappa shape index (κ3) is 7.37. The van der Waals surface area contributed by atoms with Crippen LogP contribution in [0.5, 0.6) is 5.75 Å². The lowest BCUT2D eigenvalue weighted by atomic mass is 10.2. The van der Waals surface area contributed by atoms with E-state index in [4.69, 9.17) is 4.74 Å². The van der Waals surface area contributed by atoms with Crippen molar-refractivity contribution in [2.24, 2.45) is 4.99 Å². The number of carbonyl (C=O) groups is 1. The molecule has 0 aromatic heterocycles. The van der Waals surface area contributed by atoms with Crippen LogP contribution < -0.4 is 20.7 Å². The number of rotatable bonds is 8. The van der Waals surface area contributed by atoms with Gasteiger partial charge in [0.15, 0.2) is 5.96 Å². The maximum absolute atomic E-state index is 11.6. The molecule has 1 fully saturated rings. The zero-order valence-corrected chi connectivity index (χ0v) is 16.6. The molecule has 3 N–H and O–H groups in total. The fourth-order valence-electron chi connectivity index (χ4n) is 2.23. The lowest BCUT2D eigenvalue weighted by molar-refractivity contribution is -0.121. The van der Waals surface area contributed by atoms with E-state index in [-0.39, 0.29) is 29.9 Å². The topological polar surface area (TPSA) is 74.8 Å². The number of amides is 1. The summed E-state index contributed by atoms with van der Waals surface area (Å²) in [6, 6.07) is 8.31. The number of para-hydroxylation sites is 1. The molecular weight excluding hydrogens is 419 g/mol. The van der Waals surface area contributed by atoms with Crippen LogP contribution in [0.3, 0.4) is 0 Å². The van der Waals surface area contributed by atoms with Crippen LogP contribution in [0.1, 0.15) is 31.2 Å². The molecule has 7 heteroatoms. The second kappa shape index (κ2) is 11.1. The average molecular weight is 446 g/mol. The van der Waals surface area contributed by atoms with Crippen LogP contribution in [0.15, 0.2) is 29.3 Å². The van der Waals surface area contributed by atoms with Crippen LogP contribution in [-0.2, 0) is 11.3 Å². The molecule has 0 atom stereocenters. The molecule has 134 valence electrons. The Hall–Kier alpha value is -1.51. The largest absolute Gasteiger partial charge is 0.496 e. The average Bonchev–Trinajstić information content (AvgIpc) is 3.38. The lowest BCUT2D eigenvalue weighted by Gasteiger charge is -2.13. The second-order valence-corrected chi connectivity index (χ2v) is 5.61. The fraction of sp³-hybridized carbons (Fsp3) is 0.529.